The van der Waals surface area contributed by atoms with Crippen LogP contribution in [0.15, 0.2) is 47.5 Å². The first kappa shape index (κ1) is 23.7. The molecular formula is C19H24F2IN3O3. The summed E-state index contributed by atoms with van der Waals surface area (Å²) in [5.41, 5.74) is 1.52. The third kappa shape index (κ3) is 7.02. The van der Waals surface area contributed by atoms with Crippen molar-refractivity contribution in [1.29, 1.82) is 0 Å². The van der Waals surface area contributed by atoms with Crippen LogP contribution in [0.2, 0.25) is 0 Å². The van der Waals surface area contributed by atoms with Gasteiger partial charge in [-0.1, -0.05) is 18.2 Å². The van der Waals surface area contributed by atoms with Crippen molar-refractivity contribution in [3.63, 3.8) is 0 Å². The third-order valence-corrected chi connectivity index (χ3v) is 3.80. The van der Waals surface area contributed by atoms with Crippen LogP contribution in [0.5, 0.6) is 17.2 Å². The van der Waals surface area contributed by atoms with E-state index in [1.54, 1.807) is 45.5 Å². The largest absolute Gasteiger partial charge is 0.497 e. The van der Waals surface area contributed by atoms with Crippen molar-refractivity contribution in [2.75, 3.05) is 21.3 Å². The van der Waals surface area contributed by atoms with Crippen molar-refractivity contribution in [3.05, 3.63) is 53.6 Å². The zero-order valence-corrected chi connectivity index (χ0v) is 18.2. The average molecular weight is 507 g/mol. The fourth-order valence-electron chi connectivity index (χ4n) is 2.44. The molecule has 0 spiro atoms. The quantitative estimate of drug-likeness (QED) is 0.324. The van der Waals surface area contributed by atoms with E-state index in [0.29, 0.717) is 29.6 Å². The van der Waals surface area contributed by atoms with Crippen LogP contribution in [-0.4, -0.2) is 33.8 Å². The number of alkyl halides is 2. The second kappa shape index (κ2) is 12.2. The van der Waals surface area contributed by atoms with Crippen LogP contribution in [0, 0.1) is 0 Å². The number of halogens is 3. The summed E-state index contributed by atoms with van der Waals surface area (Å²) in [6.45, 7) is -2.13. The molecule has 0 amide bonds. The number of ether oxygens (including phenoxy) is 3. The first-order valence-electron chi connectivity index (χ1n) is 8.25. The number of hydrogen-bond donors (Lipinski definition) is 2. The summed E-state index contributed by atoms with van der Waals surface area (Å²) < 4.78 is 40.1. The smallest absolute Gasteiger partial charge is 0.387 e. The molecule has 0 unspecified atom stereocenters. The minimum atomic E-state index is -2.87. The summed E-state index contributed by atoms with van der Waals surface area (Å²) in [6, 6.07) is 12.1. The summed E-state index contributed by atoms with van der Waals surface area (Å²) in [6.07, 6.45) is 0. The van der Waals surface area contributed by atoms with Crippen LogP contribution < -0.4 is 24.8 Å². The van der Waals surface area contributed by atoms with Gasteiger partial charge in [0.25, 0.3) is 0 Å². The van der Waals surface area contributed by atoms with Gasteiger partial charge in [0.15, 0.2) is 5.96 Å². The monoisotopic (exact) mass is 507 g/mol. The molecule has 0 fully saturated rings. The Balaban J connectivity index is 0.00000392. The summed E-state index contributed by atoms with van der Waals surface area (Å²) in [5.74, 6) is 2.04. The van der Waals surface area contributed by atoms with Crippen LogP contribution >= 0.6 is 24.0 Å². The Hall–Kier alpha value is -2.30. The predicted molar refractivity (Wildman–Crippen MR) is 115 cm³/mol. The molecule has 9 heteroatoms. The highest BCUT2D eigenvalue weighted by Crippen LogP contribution is 2.24. The van der Waals surface area contributed by atoms with Crippen molar-refractivity contribution in [2.24, 2.45) is 4.99 Å². The Labute approximate surface area is 180 Å². The van der Waals surface area contributed by atoms with E-state index in [1.807, 2.05) is 12.1 Å². The normalized spacial score (nSPS) is 10.9. The van der Waals surface area contributed by atoms with Crippen molar-refractivity contribution in [1.82, 2.24) is 10.6 Å². The van der Waals surface area contributed by atoms with Gasteiger partial charge in [-0.15, -0.1) is 24.0 Å². The molecule has 0 saturated heterocycles. The minimum absolute atomic E-state index is 0. The molecule has 2 rings (SSSR count). The maximum absolute atomic E-state index is 12.5. The molecule has 0 radical (unpaired) electrons. The van der Waals surface area contributed by atoms with Crippen LogP contribution in [0.3, 0.4) is 0 Å². The predicted octanol–water partition coefficient (Wildman–Crippen LogP) is 3.79. The van der Waals surface area contributed by atoms with Crippen LogP contribution in [0.4, 0.5) is 8.78 Å². The van der Waals surface area contributed by atoms with Gasteiger partial charge in [0.05, 0.1) is 14.2 Å². The van der Waals surface area contributed by atoms with E-state index in [1.165, 1.54) is 6.07 Å². The van der Waals surface area contributed by atoms with Crippen LogP contribution in [-0.2, 0) is 13.1 Å². The lowest BCUT2D eigenvalue weighted by Crippen LogP contribution is -2.36. The number of aliphatic imine (C=N–C) groups is 1. The van der Waals surface area contributed by atoms with E-state index in [-0.39, 0.29) is 36.3 Å². The molecule has 2 aromatic rings. The van der Waals surface area contributed by atoms with Gasteiger partial charge in [-0.2, -0.15) is 8.78 Å². The Bertz CT molecular complexity index is 776. The molecule has 2 aromatic carbocycles. The van der Waals surface area contributed by atoms with Crippen LogP contribution in [0.1, 0.15) is 11.1 Å². The first-order valence-corrected chi connectivity index (χ1v) is 8.25. The van der Waals surface area contributed by atoms with E-state index in [0.717, 1.165) is 5.56 Å². The van der Waals surface area contributed by atoms with Gasteiger partial charge in [0.1, 0.15) is 17.2 Å². The Kier molecular flexibility index (Phi) is 10.4. The van der Waals surface area contributed by atoms with Crippen molar-refractivity contribution < 1.29 is 23.0 Å². The number of nitrogens with one attached hydrogen (secondary N) is 2. The van der Waals surface area contributed by atoms with E-state index in [9.17, 15) is 8.78 Å². The second-order valence-electron chi connectivity index (χ2n) is 5.44. The molecule has 0 aliphatic carbocycles. The zero-order valence-electron chi connectivity index (χ0n) is 15.9. The number of hydrogen-bond acceptors (Lipinski definition) is 4. The lowest BCUT2D eigenvalue weighted by Gasteiger charge is -2.16. The number of rotatable bonds is 8. The minimum Gasteiger partial charge on any atom is -0.497 e. The maximum atomic E-state index is 12.5. The number of nitrogens with zero attached hydrogens (tertiary/aromatic N) is 1. The van der Waals surface area contributed by atoms with Gasteiger partial charge < -0.3 is 24.8 Å². The first-order chi connectivity index (χ1) is 13.1. The molecule has 0 aliphatic heterocycles. The lowest BCUT2D eigenvalue weighted by molar-refractivity contribution is -0.0504. The van der Waals surface area contributed by atoms with Crippen molar-refractivity contribution in [3.8, 4) is 17.2 Å². The molecule has 0 aromatic heterocycles. The van der Waals surface area contributed by atoms with Gasteiger partial charge in [0, 0.05) is 37.3 Å². The van der Waals surface area contributed by atoms with Crippen LogP contribution in [0.25, 0.3) is 0 Å². The van der Waals surface area contributed by atoms with Crippen molar-refractivity contribution >= 4 is 29.9 Å². The fourth-order valence-corrected chi connectivity index (χ4v) is 2.44. The Morgan fingerprint density at radius 3 is 2.18 bits per heavy atom. The van der Waals surface area contributed by atoms with Gasteiger partial charge in [0.2, 0.25) is 0 Å². The molecule has 0 aliphatic rings. The van der Waals surface area contributed by atoms with Gasteiger partial charge >= 0.3 is 6.61 Å². The average Bonchev–Trinajstić information content (AvgIpc) is 2.68. The summed E-state index contributed by atoms with van der Waals surface area (Å²) >= 11 is 0. The zero-order chi connectivity index (χ0) is 19.6. The van der Waals surface area contributed by atoms with E-state index in [4.69, 9.17) is 9.47 Å². The molecular weight excluding hydrogens is 483 g/mol. The molecule has 0 saturated carbocycles. The third-order valence-electron chi connectivity index (χ3n) is 3.80. The van der Waals surface area contributed by atoms with Gasteiger partial charge in [-0.25, -0.2) is 0 Å². The number of guanidine groups is 1. The van der Waals surface area contributed by atoms with E-state index < -0.39 is 6.61 Å². The molecule has 0 bridgehead atoms. The second-order valence-corrected chi connectivity index (χ2v) is 5.44. The highest BCUT2D eigenvalue weighted by molar-refractivity contribution is 14.0. The standard InChI is InChI=1S/C19H23F2N3O3.HI/c1-22-19(23-11-13-6-4-5-7-16(13)27-18(20)21)24-12-14-8-9-15(25-2)10-17(14)26-3;/h4-10,18H,11-12H2,1-3H3,(H2,22,23,24);1H. The highest BCUT2D eigenvalue weighted by atomic mass is 127. The van der Waals surface area contributed by atoms with E-state index >= 15 is 0 Å². The molecule has 28 heavy (non-hydrogen) atoms. The Morgan fingerprint density at radius 1 is 0.964 bits per heavy atom. The SMILES string of the molecule is CN=C(NCc1ccc(OC)cc1OC)NCc1ccccc1OC(F)F.I. The molecule has 2 N–H and O–H groups in total. The van der Waals surface area contributed by atoms with Crippen molar-refractivity contribution in [2.45, 2.75) is 19.7 Å². The van der Waals surface area contributed by atoms with E-state index in [2.05, 4.69) is 20.4 Å². The molecule has 6 nitrogen and oxygen atoms in total. The number of benzene rings is 2. The summed E-state index contributed by atoms with van der Waals surface area (Å²) in [4.78, 5) is 4.14. The lowest BCUT2D eigenvalue weighted by atomic mass is 10.2. The number of para-hydroxylation sites is 1. The highest BCUT2D eigenvalue weighted by Gasteiger charge is 2.10. The molecule has 154 valence electrons. The van der Waals surface area contributed by atoms with Gasteiger partial charge in [-0.05, 0) is 18.2 Å². The summed E-state index contributed by atoms with van der Waals surface area (Å²) in [5, 5.41) is 6.24. The molecule has 0 atom stereocenters. The Morgan fingerprint density at radius 2 is 1.61 bits per heavy atom. The topological polar surface area (TPSA) is 64.1 Å². The van der Waals surface area contributed by atoms with Gasteiger partial charge in [-0.3, -0.25) is 4.99 Å². The molecule has 0 heterocycles. The summed E-state index contributed by atoms with van der Waals surface area (Å²) in [7, 11) is 4.81. The fraction of sp³-hybridized carbons (Fsp3) is 0.316. The maximum Gasteiger partial charge on any atom is 0.387 e. The number of methoxy groups -OCH3 is 2.